The molecule has 0 aliphatic carbocycles. The largest absolute Gasteiger partial charge is 0.346 e. The molecule has 0 saturated carbocycles. The van der Waals surface area contributed by atoms with Gasteiger partial charge in [0.25, 0.3) is 0 Å². The maximum atomic E-state index is 9.44. The van der Waals surface area contributed by atoms with E-state index in [1.165, 1.54) is 6.33 Å². The lowest BCUT2D eigenvalue weighted by molar-refractivity contribution is 0.988. The Morgan fingerprint density at radius 2 is 1.91 bits per heavy atom. The maximum Gasteiger partial charge on any atom is 0.150 e. The van der Waals surface area contributed by atoms with Gasteiger partial charge in [0.15, 0.2) is 5.82 Å². The van der Waals surface area contributed by atoms with E-state index < -0.39 is 0 Å². The predicted octanol–water partition coefficient (Wildman–Crippen LogP) is 3.29. The Labute approximate surface area is 126 Å². The second kappa shape index (κ2) is 4.86. The van der Waals surface area contributed by atoms with Crippen molar-refractivity contribution in [1.82, 2.24) is 19.5 Å². The zero-order valence-electron chi connectivity index (χ0n) is 11.6. The van der Waals surface area contributed by atoms with E-state index in [1.807, 2.05) is 54.9 Å². The van der Waals surface area contributed by atoms with E-state index in [4.69, 9.17) is 0 Å². The van der Waals surface area contributed by atoms with Crippen LogP contribution in [0.25, 0.3) is 28.0 Å². The Bertz CT molecular complexity index is 989. The Hall–Kier alpha value is -3.39. The molecule has 0 aliphatic heterocycles. The maximum absolute atomic E-state index is 9.44. The van der Waals surface area contributed by atoms with Crippen LogP contribution < -0.4 is 0 Å². The molecule has 4 aromatic rings. The number of H-pyrrole nitrogens is 1. The first kappa shape index (κ1) is 12.4. The fourth-order valence-corrected chi connectivity index (χ4v) is 2.56. The van der Waals surface area contributed by atoms with Crippen LogP contribution >= 0.6 is 0 Å². The summed E-state index contributed by atoms with van der Waals surface area (Å²) in [5.41, 5.74) is 3.35. The molecule has 0 fully saturated rings. The molecule has 5 heteroatoms. The van der Waals surface area contributed by atoms with Crippen LogP contribution in [0.2, 0.25) is 0 Å². The third kappa shape index (κ3) is 1.86. The molecule has 0 bridgehead atoms. The normalized spacial score (nSPS) is 10.7. The van der Waals surface area contributed by atoms with Gasteiger partial charge in [-0.2, -0.15) is 5.26 Å². The molecule has 5 nitrogen and oxygen atoms in total. The highest BCUT2D eigenvalue weighted by Crippen LogP contribution is 2.26. The van der Waals surface area contributed by atoms with E-state index in [0.29, 0.717) is 11.5 Å². The lowest BCUT2D eigenvalue weighted by Crippen LogP contribution is -1.99. The molecule has 4 rings (SSSR count). The average molecular weight is 285 g/mol. The number of hydrogen-bond acceptors (Lipinski definition) is 3. The van der Waals surface area contributed by atoms with Crippen LogP contribution in [0.1, 0.15) is 5.69 Å². The first-order chi connectivity index (χ1) is 10.9. The van der Waals surface area contributed by atoms with Gasteiger partial charge in [0.2, 0.25) is 0 Å². The standard InChI is InChI=1S/C17H11N5/c18-9-14-8-13(12-4-2-1-3-5-12)10-22(14)17-15-6-7-19-16(15)20-11-21-17/h1-8,10-11H,(H,19,20,21). The van der Waals surface area contributed by atoms with Crippen molar-refractivity contribution in [2.24, 2.45) is 0 Å². The summed E-state index contributed by atoms with van der Waals surface area (Å²) in [6.45, 7) is 0. The summed E-state index contributed by atoms with van der Waals surface area (Å²) in [7, 11) is 0. The highest BCUT2D eigenvalue weighted by Gasteiger charge is 2.13. The summed E-state index contributed by atoms with van der Waals surface area (Å²) in [5, 5.41) is 10.3. The van der Waals surface area contributed by atoms with Gasteiger partial charge in [0.1, 0.15) is 23.7 Å². The quantitative estimate of drug-likeness (QED) is 0.614. The van der Waals surface area contributed by atoms with Gasteiger partial charge in [-0.1, -0.05) is 30.3 Å². The van der Waals surface area contributed by atoms with Crippen molar-refractivity contribution >= 4 is 11.0 Å². The van der Waals surface area contributed by atoms with Crippen LogP contribution in [0, 0.1) is 11.3 Å². The summed E-state index contributed by atoms with van der Waals surface area (Å²) in [6, 6.07) is 16.0. The molecule has 0 unspecified atom stereocenters. The zero-order valence-corrected chi connectivity index (χ0v) is 11.6. The Morgan fingerprint density at radius 1 is 1.05 bits per heavy atom. The number of nitrogens with one attached hydrogen (secondary N) is 1. The van der Waals surface area contributed by atoms with Crippen LogP contribution in [-0.4, -0.2) is 19.5 Å². The first-order valence-corrected chi connectivity index (χ1v) is 6.83. The molecule has 0 radical (unpaired) electrons. The van der Waals surface area contributed by atoms with Gasteiger partial charge in [0.05, 0.1) is 5.39 Å². The number of aromatic nitrogens is 4. The number of nitrogens with zero attached hydrogens (tertiary/aromatic N) is 4. The number of aromatic amines is 1. The van der Waals surface area contributed by atoms with E-state index in [0.717, 1.165) is 22.2 Å². The molecule has 0 aliphatic rings. The molecule has 1 aromatic carbocycles. The third-order valence-electron chi connectivity index (χ3n) is 3.60. The molecule has 1 N–H and O–H groups in total. The van der Waals surface area contributed by atoms with Gasteiger partial charge < -0.3 is 4.98 Å². The van der Waals surface area contributed by atoms with E-state index in [-0.39, 0.29) is 0 Å². The van der Waals surface area contributed by atoms with Gasteiger partial charge >= 0.3 is 0 Å². The molecule has 0 spiro atoms. The minimum atomic E-state index is 0.542. The molecule has 22 heavy (non-hydrogen) atoms. The molecule has 3 aromatic heterocycles. The second-order valence-electron chi connectivity index (χ2n) is 4.90. The van der Waals surface area contributed by atoms with Crippen molar-refractivity contribution in [2.75, 3.05) is 0 Å². The second-order valence-corrected chi connectivity index (χ2v) is 4.90. The van der Waals surface area contributed by atoms with Crippen LogP contribution in [0.3, 0.4) is 0 Å². The van der Waals surface area contributed by atoms with E-state index >= 15 is 0 Å². The number of nitriles is 1. The molecule has 104 valence electrons. The van der Waals surface area contributed by atoms with Crippen molar-refractivity contribution in [1.29, 1.82) is 5.26 Å². The topological polar surface area (TPSA) is 70.3 Å². The number of fused-ring (bicyclic) bond motifs is 1. The summed E-state index contributed by atoms with van der Waals surface area (Å²) < 4.78 is 1.81. The molecule has 0 saturated heterocycles. The fourth-order valence-electron chi connectivity index (χ4n) is 2.56. The molecular weight excluding hydrogens is 274 g/mol. The van der Waals surface area contributed by atoms with Crippen molar-refractivity contribution < 1.29 is 0 Å². The van der Waals surface area contributed by atoms with Crippen molar-refractivity contribution in [3.8, 4) is 23.0 Å². The summed E-state index contributed by atoms with van der Waals surface area (Å²) in [6.07, 6.45) is 5.25. The molecule has 0 amide bonds. The van der Waals surface area contributed by atoms with Crippen LogP contribution in [0.15, 0.2) is 61.2 Å². The van der Waals surface area contributed by atoms with Crippen LogP contribution in [0.5, 0.6) is 0 Å². The highest BCUT2D eigenvalue weighted by atomic mass is 15.1. The minimum absolute atomic E-state index is 0.542. The highest BCUT2D eigenvalue weighted by molar-refractivity contribution is 5.83. The van der Waals surface area contributed by atoms with E-state index in [9.17, 15) is 5.26 Å². The van der Waals surface area contributed by atoms with Crippen molar-refractivity contribution in [3.63, 3.8) is 0 Å². The zero-order chi connectivity index (χ0) is 14.9. The Morgan fingerprint density at radius 3 is 2.73 bits per heavy atom. The van der Waals surface area contributed by atoms with Crippen LogP contribution in [0.4, 0.5) is 0 Å². The smallest absolute Gasteiger partial charge is 0.150 e. The van der Waals surface area contributed by atoms with E-state index in [1.54, 1.807) is 4.57 Å². The average Bonchev–Trinajstić information content (AvgIpc) is 3.22. The monoisotopic (exact) mass is 285 g/mol. The minimum Gasteiger partial charge on any atom is -0.346 e. The summed E-state index contributed by atoms with van der Waals surface area (Å²) in [4.78, 5) is 11.6. The predicted molar refractivity (Wildman–Crippen MR) is 83.4 cm³/mol. The Balaban J connectivity index is 1.94. The van der Waals surface area contributed by atoms with Gasteiger partial charge in [-0.05, 0) is 17.7 Å². The Kier molecular flexibility index (Phi) is 2.73. The van der Waals surface area contributed by atoms with E-state index in [2.05, 4.69) is 21.0 Å². The number of hydrogen-bond donors (Lipinski definition) is 1. The van der Waals surface area contributed by atoms with Gasteiger partial charge in [-0.15, -0.1) is 0 Å². The van der Waals surface area contributed by atoms with Crippen molar-refractivity contribution in [3.05, 3.63) is 66.9 Å². The van der Waals surface area contributed by atoms with Gasteiger partial charge in [-0.3, -0.25) is 4.57 Å². The van der Waals surface area contributed by atoms with Crippen molar-refractivity contribution in [2.45, 2.75) is 0 Å². The summed E-state index contributed by atoms with van der Waals surface area (Å²) >= 11 is 0. The third-order valence-corrected chi connectivity index (χ3v) is 3.60. The first-order valence-electron chi connectivity index (χ1n) is 6.83. The number of benzene rings is 1. The molecule has 3 heterocycles. The molecular formula is C17H11N5. The van der Waals surface area contributed by atoms with Gasteiger partial charge in [-0.25, -0.2) is 9.97 Å². The summed E-state index contributed by atoms with van der Waals surface area (Å²) in [5.74, 6) is 0.699. The lowest BCUT2D eigenvalue weighted by Gasteiger charge is -2.04. The molecule has 0 atom stereocenters. The SMILES string of the molecule is N#Cc1cc(-c2ccccc2)cn1-c1ncnc2[nH]ccc12. The van der Waals surface area contributed by atoms with Crippen LogP contribution in [-0.2, 0) is 0 Å². The fraction of sp³-hybridized carbons (Fsp3) is 0. The number of rotatable bonds is 2. The van der Waals surface area contributed by atoms with Gasteiger partial charge in [0, 0.05) is 18.0 Å². The lowest BCUT2D eigenvalue weighted by atomic mass is 10.1.